The van der Waals surface area contributed by atoms with Gasteiger partial charge in [0.05, 0.1) is 13.2 Å². The number of alkyl halides is 2. The highest BCUT2D eigenvalue weighted by Gasteiger charge is 2.16. The standard InChI is InChI=1S/C11H24F2N2O/c1-11(2,9-14)4-3-5-15(6-7-16)8-10(12)13/h10,16H,3-9,14H2,1-2H3. The van der Waals surface area contributed by atoms with Crippen molar-refractivity contribution in [1.29, 1.82) is 0 Å². The summed E-state index contributed by atoms with van der Waals surface area (Å²) in [6.07, 6.45) is -0.597. The third kappa shape index (κ3) is 7.96. The molecule has 0 aromatic heterocycles. The lowest BCUT2D eigenvalue weighted by Crippen LogP contribution is -2.33. The summed E-state index contributed by atoms with van der Waals surface area (Å²) in [5.41, 5.74) is 5.65. The van der Waals surface area contributed by atoms with Gasteiger partial charge in [0.25, 0.3) is 6.43 Å². The van der Waals surface area contributed by atoms with Crippen LogP contribution in [0, 0.1) is 5.41 Å². The van der Waals surface area contributed by atoms with E-state index in [-0.39, 0.29) is 18.6 Å². The molecule has 0 unspecified atom stereocenters. The molecule has 0 rings (SSSR count). The van der Waals surface area contributed by atoms with E-state index in [1.807, 2.05) is 0 Å². The van der Waals surface area contributed by atoms with Gasteiger partial charge in [0.1, 0.15) is 0 Å². The molecule has 0 aromatic carbocycles. The first-order chi connectivity index (χ1) is 7.41. The number of rotatable bonds is 9. The van der Waals surface area contributed by atoms with E-state index in [9.17, 15) is 8.78 Å². The minimum Gasteiger partial charge on any atom is -0.395 e. The summed E-state index contributed by atoms with van der Waals surface area (Å²) in [4.78, 5) is 1.59. The maximum atomic E-state index is 12.2. The molecule has 0 heterocycles. The number of aliphatic hydroxyl groups is 1. The highest BCUT2D eigenvalue weighted by atomic mass is 19.3. The van der Waals surface area contributed by atoms with E-state index >= 15 is 0 Å². The molecule has 0 aromatic rings. The third-order valence-corrected chi connectivity index (χ3v) is 2.69. The third-order valence-electron chi connectivity index (χ3n) is 2.69. The molecule has 0 fully saturated rings. The van der Waals surface area contributed by atoms with Crippen molar-refractivity contribution in [3.63, 3.8) is 0 Å². The Kier molecular flexibility index (Phi) is 7.80. The van der Waals surface area contributed by atoms with E-state index in [1.54, 1.807) is 4.90 Å². The van der Waals surface area contributed by atoms with Crippen molar-refractivity contribution in [3.8, 4) is 0 Å². The Hall–Kier alpha value is -0.260. The molecule has 16 heavy (non-hydrogen) atoms. The van der Waals surface area contributed by atoms with E-state index in [2.05, 4.69) is 13.8 Å². The van der Waals surface area contributed by atoms with Crippen LogP contribution in [0.3, 0.4) is 0 Å². The number of aliphatic hydroxyl groups excluding tert-OH is 1. The largest absolute Gasteiger partial charge is 0.395 e. The Morgan fingerprint density at radius 3 is 2.38 bits per heavy atom. The van der Waals surface area contributed by atoms with Gasteiger partial charge in [0.15, 0.2) is 0 Å². The molecule has 0 saturated heterocycles. The van der Waals surface area contributed by atoms with Crippen molar-refractivity contribution >= 4 is 0 Å². The minimum atomic E-state index is -2.34. The van der Waals surface area contributed by atoms with Crippen LogP contribution in [0.2, 0.25) is 0 Å². The second kappa shape index (κ2) is 7.92. The normalized spacial score (nSPS) is 12.8. The Morgan fingerprint density at radius 2 is 1.94 bits per heavy atom. The second-order valence-electron chi connectivity index (χ2n) is 4.89. The lowest BCUT2D eigenvalue weighted by Gasteiger charge is -2.25. The van der Waals surface area contributed by atoms with Gasteiger partial charge in [-0.3, -0.25) is 4.90 Å². The summed E-state index contributed by atoms with van der Waals surface area (Å²) >= 11 is 0. The zero-order valence-corrected chi connectivity index (χ0v) is 10.3. The average Bonchev–Trinajstić information content (AvgIpc) is 2.17. The molecule has 0 aliphatic carbocycles. The van der Waals surface area contributed by atoms with E-state index in [4.69, 9.17) is 10.8 Å². The van der Waals surface area contributed by atoms with Crippen LogP contribution >= 0.6 is 0 Å². The van der Waals surface area contributed by atoms with Gasteiger partial charge in [-0.15, -0.1) is 0 Å². The predicted octanol–water partition coefficient (Wildman–Crippen LogP) is 1.31. The van der Waals surface area contributed by atoms with Crippen LogP contribution in [-0.2, 0) is 0 Å². The van der Waals surface area contributed by atoms with Crippen molar-refractivity contribution < 1.29 is 13.9 Å². The van der Waals surface area contributed by atoms with E-state index < -0.39 is 6.43 Å². The first-order valence-electron chi connectivity index (χ1n) is 5.72. The molecule has 5 heteroatoms. The van der Waals surface area contributed by atoms with E-state index in [1.165, 1.54) is 0 Å². The lowest BCUT2D eigenvalue weighted by atomic mass is 9.88. The molecule has 0 aliphatic heterocycles. The first-order valence-corrected chi connectivity index (χ1v) is 5.72. The molecule has 0 bridgehead atoms. The molecule has 0 radical (unpaired) electrons. The van der Waals surface area contributed by atoms with Crippen LogP contribution in [0.25, 0.3) is 0 Å². The number of halogens is 2. The Bertz CT molecular complexity index is 177. The summed E-state index contributed by atoms with van der Waals surface area (Å²) in [6, 6.07) is 0. The van der Waals surface area contributed by atoms with Crippen LogP contribution in [0.4, 0.5) is 8.78 Å². The van der Waals surface area contributed by atoms with Crippen LogP contribution in [0.1, 0.15) is 26.7 Å². The predicted molar refractivity (Wildman–Crippen MR) is 61.6 cm³/mol. The fourth-order valence-electron chi connectivity index (χ4n) is 1.51. The maximum absolute atomic E-state index is 12.2. The topological polar surface area (TPSA) is 49.5 Å². The van der Waals surface area contributed by atoms with Crippen molar-refractivity contribution in [3.05, 3.63) is 0 Å². The molecule has 98 valence electrons. The van der Waals surface area contributed by atoms with Gasteiger partial charge in [-0.25, -0.2) is 8.78 Å². The molecule has 0 aliphatic rings. The van der Waals surface area contributed by atoms with Gasteiger partial charge in [-0.1, -0.05) is 13.8 Å². The highest BCUT2D eigenvalue weighted by molar-refractivity contribution is 4.70. The fourth-order valence-corrected chi connectivity index (χ4v) is 1.51. The van der Waals surface area contributed by atoms with Gasteiger partial charge in [-0.2, -0.15) is 0 Å². The highest BCUT2D eigenvalue weighted by Crippen LogP contribution is 2.20. The van der Waals surface area contributed by atoms with Crippen molar-refractivity contribution in [2.45, 2.75) is 33.1 Å². The van der Waals surface area contributed by atoms with E-state index in [0.717, 1.165) is 12.8 Å². The molecule has 0 saturated carbocycles. The average molecular weight is 238 g/mol. The molecule has 0 atom stereocenters. The first kappa shape index (κ1) is 15.7. The van der Waals surface area contributed by atoms with Gasteiger partial charge in [0.2, 0.25) is 0 Å². The molecular formula is C11H24F2N2O. The van der Waals surface area contributed by atoms with Crippen LogP contribution < -0.4 is 5.73 Å². The van der Waals surface area contributed by atoms with Crippen molar-refractivity contribution in [2.24, 2.45) is 11.1 Å². The van der Waals surface area contributed by atoms with E-state index in [0.29, 0.717) is 19.6 Å². The number of nitrogens with zero attached hydrogens (tertiary/aromatic N) is 1. The Morgan fingerprint density at radius 1 is 1.31 bits per heavy atom. The number of hydrogen-bond donors (Lipinski definition) is 2. The number of nitrogens with two attached hydrogens (primary N) is 1. The summed E-state index contributed by atoms with van der Waals surface area (Å²) in [6.45, 7) is 5.30. The van der Waals surface area contributed by atoms with Crippen molar-refractivity contribution in [2.75, 3.05) is 32.8 Å². The Labute approximate surface area is 96.6 Å². The van der Waals surface area contributed by atoms with Crippen LogP contribution in [0.15, 0.2) is 0 Å². The zero-order chi connectivity index (χ0) is 12.6. The quantitative estimate of drug-likeness (QED) is 0.637. The summed E-state index contributed by atoms with van der Waals surface area (Å²) in [5, 5.41) is 8.75. The molecule has 0 amide bonds. The monoisotopic (exact) mass is 238 g/mol. The van der Waals surface area contributed by atoms with Crippen LogP contribution in [-0.4, -0.2) is 49.2 Å². The molecule has 3 nitrogen and oxygen atoms in total. The molecule has 0 spiro atoms. The Balaban J connectivity index is 3.83. The fraction of sp³-hybridized carbons (Fsp3) is 1.00. The lowest BCUT2D eigenvalue weighted by molar-refractivity contribution is 0.0759. The van der Waals surface area contributed by atoms with Gasteiger partial charge in [-0.05, 0) is 31.3 Å². The molecule has 3 N–H and O–H groups in total. The number of hydrogen-bond acceptors (Lipinski definition) is 3. The zero-order valence-electron chi connectivity index (χ0n) is 10.3. The summed E-state index contributed by atoms with van der Waals surface area (Å²) < 4.78 is 24.4. The minimum absolute atomic E-state index is 0.0652. The van der Waals surface area contributed by atoms with Gasteiger partial charge < -0.3 is 10.8 Å². The van der Waals surface area contributed by atoms with Crippen LogP contribution in [0.5, 0.6) is 0 Å². The summed E-state index contributed by atoms with van der Waals surface area (Å²) in [7, 11) is 0. The van der Waals surface area contributed by atoms with Gasteiger partial charge >= 0.3 is 0 Å². The second-order valence-corrected chi connectivity index (χ2v) is 4.89. The summed E-state index contributed by atoms with van der Waals surface area (Å²) in [5.74, 6) is 0. The van der Waals surface area contributed by atoms with Gasteiger partial charge in [0, 0.05) is 6.54 Å². The molecular weight excluding hydrogens is 214 g/mol. The maximum Gasteiger partial charge on any atom is 0.251 e. The van der Waals surface area contributed by atoms with Crippen molar-refractivity contribution in [1.82, 2.24) is 4.90 Å². The smallest absolute Gasteiger partial charge is 0.251 e. The SMILES string of the molecule is CC(C)(CN)CCCN(CCO)CC(F)F.